The highest BCUT2D eigenvalue weighted by Crippen LogP contribution is 2.29. The zero-order chi connectivity index (χ0) is 9.72. The summed E-state index contributed by atoms with van der Waals surface area (Å²) in [6, 6.07) is 0. The van der Waals surface area contributed by atoms with Crippen molar-refractivity contribution in [1.82, 2.24) is 0 Å². The van der Waals surface area contributed by atoms with E-state index in [1.165, 1.54) is 0 Å². The van der Waals surface area contributed by atoms with Crippen LogP contribution in [0.4, 0.5) is 0 Å². The van der Waals surface area contributed by atoms with Gasteiger partial charge < -0.3 is 0 Å². The zero-order valence-electron chi connectivity index (χ0n) is 9.13. The highest BCUT2D eigenvalue weighted by Gasteiger charge is 2.15. The lowest BCUT2D eigenvalue weighted by atomic mass is 10.4. The van der Waals surface area contributed by atoms with Gasteiger partial charge in [-0.05, 0) is 10.5 Å². The Bertz CT molecular complexity index is 96.4. The van der Waals surface area contributed by atoms with Crippen molar-refractivity contribution in [2.24, 2.45) is 0 Å². The van der Waals surface area contributed by atoms with Crippen LogP contribution in [0, 0.1) is 0 Å². The van der Waals surface area contributed by atoms with Crippen LogP contribution in [0.3, 0.4) is 0 Å². The molecule has 0 nitrogen and oxygen atoms in total. The lowest BCUT2D eigenvalue weighted by Crippen LogP contribution is -2.16. The summed E-state index contributed by atoms with van der Waals surface area (Å²) in [4.78, 5) is 0. The Morgan fingerprint density at radius 2 is 0.833 bits per heavy atom. The molecule has 0 aliphatic heterocycles. The van der Waals surface area contributed by atoms with Gasteiger partial charge in [0.1, 0.15) is 0 Å². The lowest BCUT2D eigenvalue weighted by molar-refractivity contribution is 0.905. The number of hydrogen-bond donors (Lipinski definition) is 0. The average Bonchev–Trinajstić information content (AvgIpc) is 1.84. The zero-order valence-corrected chi connectivity index (χ0v) is 10.8. The predicted octanol–water partition coefficient (Wildman–Crippen LogP) is 4.05. The van der Waals surface area contributed by atoms with Crippen LogP contribution in [-0.2, 0) is 0 Å². The van der Waals surface area contributed by atoms with Gasteiger partial charge in [0.05, 0.1) is 0 Å². The van der Waals surface area contributed by atoms with Gasteiger partial charge in [-0.15, -0.1) is 0 Å². The topological polar surface area (TPSA) is 0 Å². The molecule has 0 aliphatic rings. The van der Waals surface area contributed by atoms with Crippen LogP contribution in [0.5, 0.6) is 0 Å². The third-order valence-corrected chi connectivity index (χ3v) is 4.57. The molecule has 0 aromatic heterocycles. The van der Waals surface area contributed by atoms with Crippen LogP contribution in [-0.4, -0.2) is 21.0 Å². The third kappa shape index (κ3) is 6.24. The highest BCUT2D eigenvalue weighted by molar-refractivity contribution is 8.04. The van der Waals surface area contributed by atoms with Gasteiger partial charge in [-0.2, -0.15) is 23.5 Å². The Hall–Kier alpha value is 0.700. The smallest absolute Gasteiger partial charge is 0.0138 e. The molecular weight excluding hydrogens is 184 g/mol. The van der Waals surface area contributed by atoms with Crippen molar-refractivity contribution < 1.29 is 0 Å². The molecule has 0 aromatic carbocycles. The number of hydrogen-bond acceptors (Lipinski definition) is 2. The molecule has 0 heterocycles. The minimum Gasteiger partial charge on any atom is -0.155 e. The van der Waals surface area contributed by atoms with Gasteiger partial charge in [-0.25, -0.2) is 0 Å². The lowest BCUT2D eigenvalue weighted by Gasteiger charge is -2.22. The Kier molecular flexibility index (Phi) is 6.56. The molecule has 0 aromatic rings. The Morgan fingerprint density at radius 3 is 1.00 bits per heavy atom. The van der Waals surface area contributed by atoms with Gasteiger partial charge >= 0.3 is 0 Å². The number of thioether (sulfide) groups is 2. The molecule has 74 valence electrons. The maximum Gasteiger partial charge on any atom is 0.0138 e. The molecule has 0 saturated carbocycles. The van der Waals surface area contributed by atoms with E-state index in [1.807, 2.05) is 0 Å². The molecule has 2 heteroatoms. The van der Waals surface area contributed by atoms with Crippen LogP contribution in [0.25, 0.3) is 0 Å². The van der Waals surface area contributed by atoms with Gasteiger partial charge in [0.25, 0.3) is 0 Å². The molecule has 0 amide bonds. The third-order valence-electron chi connectivity index (χ3n) is 1.63. The van der Waals surface area contributed by atoms with E-state index in [0.29, 0.717) is 0 Å². The minimum atomic E-state index is 0.759. The van der Waals surface area contributed by atoms with Crippen molar-refractivity contribution in [3.8, 4) is 0 Å². The summed E-state index contributed by atoms with van der Waals surface area (Å²) in [6.45, 7) is 13.8. The molecular formula is C10H22S2. The van der Waals surface area contributed by atoms with Crippen LogP contribution in [0.1, 0.15) is 41.5 Å². The van der Waals surface area contributed by atoms with E-state index in [9.17, 15) is 0 Å². The summed E-state index contributed by atoms with van der Waals surface area (Å²) in [5.41, 5.74) is 0. The predicted molar refractivity (Wildman–Crippen MR) is 64.4 cm³/mol. The molecule has 0 bridgehead atoms. The van der Waals surface area contributed by atoms with E-state index in [1.54, 1.807) is 0 Å². The minimum absolute atomic E-state index is 0.759. The maximum atomic E-state index is 2.34. The SMILES string of the molecule is CC(C)SC(C)C(C)SC(C)C. The van der Waals surface area contributed by atoms with Crippen LogP contribution < -0.4 is 0 Å². The van der Waals surface area contributed by atoms with Crippen molar-refractivity contribution >= 4 is 23.5 Å². The molecule has 0 fully saturated rings. The van der Waals surface area contributed by atoms with Gasteiger partial charge in [0.2, 0.25) is 0 Å². The average molecular weight is 206 g/mol. The summed E-state index contributed by atoms with van der Waals surface area (Å²) >= 11 is 4.17. The van der Waals surface area contributed by atoms with Gasteiger partial charge in [0.15, 0.2) is 0 Å². The molecule has 0 aliphatic carbocycles. The summed E-state index contributed by atoms with van der Waals surface area (Å²) in [5, 5.41) is 3.07. The molecule has 0 radical (unpaired) electrons. The van der Waals surface area contributed by atoms with Crippen molar-refractivity contribution in [1.29, 1.82) is 0 Å². The van der Waals surface area contributed by atoms with E-state index < -0.39 is 0 Å². The Morgan fingerprint density at radius 1 is 0.583 bits per heavy atom. The van der Waals surface area contributed by atoms with Crippen LogP contribution in [0.15, 0.2) is 0 Å². The first-order valence-corrected chi connectivity index (χ1v) is 6.63. The van der Waals surface area contributed by atoms with E-state index >= 15 is 0 Å². The molecule has 2 unspecified atom stereocenters. The summed E-state index contributed by atoms with van der Waals surface area (Å²) in [7, 11) is 0. The fourth-order valence-corrected chi connectivity index (χ4v) is 3.62. The molecule has 12 heavy (non-hydrogen) atoms. The summed E-state index contributed by atoms with van der Waals surface area (Å²) in [6.07, 6.45) is 0. The summed E-state index contributed by atoms with van der Waals surface area (Å²) in [5.74, 6) is 0. The Balaban J connectivity index is 3.68. The number of rotatable bonds is 5. The van der Waals surface area contributed by atoms with Gasteiger partial charge in [-0.3, -0.25) is 0 Å². The van der Waals surface area contributed by atoms with Crippen LogP contribution in [0.2, 0.25) is 0 Å². The first-order valence-electron chi connectivity index (χ1n) is 4.74. The quantitative estimate of drug-likeness (QED) is 0.665. The molecule has 0 rings (SSSR count). The summed E-state index contributed by atoms with van der Waals surface area (Å²) < 4.78 is 0. The van der Waals surface area contributed by atoms with E-state index in [2.05, 4.69) is 65.1 Å². The van der Waals surface area contributed by atoms with E-state index in [4.69, 9.17) is 0 Å². The maximum absolute atomic E-state index is 2.34. The first-order chi connectivity index (χ1) is 5.43. The molecule has 0 N–H and O–H groups in total. The standard InChI is InChI=1S/C10H22S2/c1-7(2)11-9(5)10(6)12-8(3)4/h7-10H,1-6H3. The van der Waals surface area contributed by atoms with Crippen molar-refractivity contribution in [2.45, 2.75) is 62.5 Å². The van der Waals surface area contributed by atoms with Crippen molar-refractivity contribution in [2.75, 3.05) is 0 Å². The Labute approximate surface area is 86.3 Å². The second kappa shape index (κ2) is 6.20. The molecule has 2 atom stereocenters. The second-order valence-corrected chi connectivity index (χ2v) is 7.70. The second-order valence-electron chi connectivity index (χ2n) is 3.78. The normalized spacial score (nSPS) is 17.0. The molecule has 0 saturated heterocycles. The largest absolute Gasteiger partial charge is 0.155 e. The van der Waals surface area contributed by atoms with Crippen molar-refractivity contribution in [3.63, 3.8) is 0 Å². The highest BCUT2D eigenvalue weighted by atomic mass is 32.2. The van der Waals surface area contributed by atoms with Gasteiger partial charge in [-0.1, -0.05) is 41.5 Å². The van der Waals surface area contributed by atoms with Gasteiger partial charge in [0, 0.05) is 10.5 Å². The van der Waals surface area contributed by atoms with Crippen molar-refractivity contribution in [3.05, 3.63) is 0 Å². The fourth-order valence-electron chi connectivity index (χ4n) is 1.08. The van der Waals surface area contributed by atoms with Crippen LogP contribution >= 0.6 is 23.5 Å². The van der Waals surface area contributed by atoms with E-state index in [-0.39, 0.29) is 0 Å². The fraction of sp³-hybridized carbons (Fsp3) is 1.00. The first kappa shape index (κ1) is 12.7. The monoisotopic (exact) mass is 206 g/mol. The van der Waals surface area contributed by atoms with E-state index in [0.717, 1.165) is 21.0 Å². The molecule has 0 spiro atoms.